The number of pyridine rings is 1. The first-order valence-electron chi connectivity index (χ1n) is 4.70. The number of aromatic amines is 1. The highest BCUT2D eigenvalue weighted by molar-refractivity contribution is 5.62. The molecule has 6 heteroatoms. The van der Waals surface area contributed by atoms with E-state index < -0.39 is 0 Å². The summed E-state index contributed by atoms with van der Waals surface area (Å²) < 4.78 is 0. The maximum atomic E-state index is 11.1. The number of aromatic nitrogens is 3. The van der Waals surface area contributed by atoms with E-state index in [2.05, 4.69) is 20.3 Å². The van der Waals surface area contributed by atoms with Crippen molar-refractivity contribution in [1.82, 2.24) is 15.0 Å². The number of nitrogens with two attached hydrogens (primary N) is 1. The van der Waals surface area contributed by atoms with Crippen LogP contribution >= 0.6 is 0 Å². The molecular formula is C10H11N5O. The molecule has 2 aromatic rings. The fourth-order valence-electron chi connectivity index (χ4n) is 1.29. The van der Waals surface area contributed by atoms with E-state index in [4.69, 9.17) is 5.73 Å². The Labute approximate surface area is 91.6 Å². The second-order valence-electron chi connectivity index (χ2n) is 3.19. The van der Waals surface area contributed by atoms with E-state index in [1.54, 1.807) is 31.6 Å². The Kier molecular flexibility index (Phi) is 2.55. The highest BCUT2D eigenvalue weighted by Crippen LogP contribution is 2.16. The minimum Gasteiger partial charge on any atom is -0.394 e. The minimum absolute atomic E-state index is 0.169. The van der Waals surface area contributed by atoms with Crippen LogP contribution in [0.15, 0.2) is 29.3 Å². The van der Waals surface area contributed by atoms with Gasteiger partial charge in [-0.05, 0) is 12.1 Å². The van der Waals surface area contributed by atoms with Crippen LogP contribution in [0.4, 0.5) is 11.6 Å². The molecule has 82 valence electrons. The second kappa shape index (κ2) is 4.01. The van der Waals surface area contributed by atoms with Gasteiger partial charge in [0, 0.05) is 25.0 Å². The maximum absolute atomic E-state index is 11.1. The average molecular weight is 217 g/mol. The second-order valence-corrected chi connectivity index (χ2v) is 3.19. The number of nitrogens with one attached hydrogen (secondary N) is 2. The third-order valence-corrected chi connectivity index (χ3v) is 2.11. The van der Waals surface area contributed by atoms with Crippen molar-refractivity contribution in [3.63, 3.8) is 0 Å². The molecule has 16 heavy (non-hydrogen) atoms. The molecular weight excluding hydrogens is 206 g/mol. The van der Waals surface area contributed by atoms with Gasteiger partial charge >= 0.3 is 0 Å². The number of hydrogen-bond acceptors (Lipinski definition) is 5. The quantitative estimate of drug-likeness (QED) is 0.678. The van der Waals surface area contributed by atoms with E-state index in [1.807, 2.05) is 0 Å². The number of rotatable bonds is 2. The largest absolute Gasteiger partial charge is 0.394 e. The van der Waals surface area contributed by atoms with Crippen molar-refractivity contribution in [2.24, 2.45) is 0 Å². The fourth-order valence-corrected chi connectivity index (χ4v) is 1.29. The standard InChI is InChI=1S/C10H11N5O/c1-12-10-13-3-2-8(15-10)6-4-7(11)9(16)14-5-6/h2-5H,11H2,1H3,(H,14,16)(H,12,13,15). The zero-order valence-corrected chi connectivity index (χ0v) is 8.69. The average Bonchev–Trinajstić information content (AvgIpc) is 2.33. The summed E-state index contributed by atoms with van der Waals surface area (Å²) in [5, 5.41) is 2.84. The van der Waals surface area contributed by atoms with Gasteiger partial charge in [-0.15, -0.1) is 0 Å². The molecule has 2 rings (SSSR count). The first-order chi connectivity index (χ1) is 7.70. The van der Waals surface area contributed by atoms with E-state index >= 15 is 0 Å². The van der Waals surface area contributed by atoms with E-state index in [0.717, 1.165) is 5.56 Å². The van der Waals surface area contributed by atoms with E-state index in [0.29, 0.717) is 11.6 Å². The third kappa shape index (κ3) is 1.85. The zero-order chi connectivity index (χ0) is 11.5. The summed E-state index contributed by atoms with van der Waals surface area (Å²) in [6, 6.07) is 3.33. The van der Waals surface area contributed by atoms with Gasteiger partial charge in [-0.3, -0.25) is 4.79 Å². The first-order valence-corrected chi connectivity index (χ1v) is 4.70. The third-order valence-electron chi connectivity index (χ3n) is 2.11. The van der Waals surface area contributed by atoms with E-state index in [1.165, 1.54) is 0 Å². The summed E-state index contributed by atoms with van der Waals surface area (Å²) in [5.74, 6) is 0.516. The van der Waals surface area contributed by atoms with Crippen molar-refractivity contribution in [3.05, 3.63) is 34.9 Å². The number of nitrogen functional groups attached to an aromatic ring is 1. The molecule has 0 radical (unpaired) electrons. The lowest BCUT2D eigenvalue weighted by Crippen LogP contribution is -2.10. The molecule has 0 aliphatic rings. The predicted molar refractivity (Wildman–Crippen MR) is 62.0 cm³/mol. The minimum atomic E-state index is -0.299. The molecule has 0 spiro atoms. The summed E-state index contributed by atoms with van der Waals surface area (Å²) in [6.45, 7) is 0. The first kappa shape index (κ1) is 10.2. The van der Waals surface area contributed by atoms with Crippen molar-refractivity contribution in [1.29, 1.82) is 0 Å². The Morgan fingerprint density at radius 2 is 2.31 bits per heavy atom. The Morgan fingerprint density at radius 1 is 1.50 bits per heavy atom. The molecule has 2 heterocycles. The Morgan fingerprint density at radius 3 is 3.00 bits per heavy atom. The van der Waals surface area contributed by atoms with Crippen molar-refractivity contribution in [3.8, 4) is 11.3 Å². The topological polar surface area (TPSA) is 96.7 Å². The van der Waals surface area contributed by atoms with Crippen LogP contribution in [0.1, 0.15) is 0 Å². The van der Waals surface area contributed by atoms with Crippen LogP contribution in [0.2, 0.25) is 0 Å². The van der Waals surface area contributed by atoms with Crippen molar-refractivity contribution in [2.75, 3.05) is 18.1 Å². The lowest BCUT2D eigenvalue weighted by molar-refractivity contribution is 1.15. The lowest BCUT2D eigenvalue weighted by Gasteiger charge is -2.03. The van der Waals surface area contributed by atoms with Crippen molar-refractivity contribution >= 4 is 11.6 Å². The van der Waals surface area contributed by atoms with Gasteiger partial charge in [0.25, 0.3) is 5.56 Å². The summed E-state index contributed by atoms with van der Waals surface area (Å²) in [5.41, 5.74) is 6.84. The molecule has 6 nitrogen and oxygen atoms in total. The van der Waals surface area contributed by atoms with Crippen molar-refractivity contribution < 1.29 is 0 Å². The highest BCUT2D eigenvalue weighted by atomic mass is 16.1. The molecule has 0 unspecified atom stereocenters. The fraction of sp³-hybridized carbons (Fsp3) is 0.100. The molecule has 0 amide bonds. The van der Waals surface area contributed by atoms with Gasteiger partial charge in [-0.2, -0.15) is 0 Å². The van der Waals surface area contributed by atoms with Crippen LogP contribution in [-0.4, -0.2) is 22.0 Å². The SMILES string of the molecule is CNc1nccc(-c2c[nH]c(=O)c(N)c2)n1. The van der Waals surface area contributed by atoms with Gasteiger partial charge in [-0.1, -0.05) is 0 Å². The van der Waals surface area contributed by atoms with Crippen LogP contribution in [-0.2, 0) is 0 Å². The zero-order valence-electron chi connectivity index (χ0n) is 8.69. The van der Waals surface area contributed by atoms with E-state index in [-0.39, 0.29) is 11.2 Å². The Hall–Kier alpha value is -2.37. The Bertz CT molecular complexity index is 563. The molecule has 0 aliphatic carbocycles. The van der Waals surface area contributed by atoms with Gasteiger partial charge in [0.05, 0.1) is 11.4 Å². The molecule has 0 saturated carbocycles. The van der Waals surface area contributed by atoms with Gasteiger partial charge in [0.1, 0.15) is 0 Å². The molecule has 0 saturated heterocycles. The van der Waals surface area contributed by atoms with E-state index in [9.17, 15) is 4.79 Å². The van der Waals surface area contributed by atoms with Gasteiger partial charge < -0.3 is 16.0 Å². The highest BCUT2D eigenvalue weighted by Gasteiger charge is 2.03. The number of H-pyrrole nitrogens is 1. The molecule has 0 atom stereocenters. The van der Waals surface area contributed by atoms with Gasteiger partial charge in [0.2, 0.25) is 5.95 Å². The molecule has 0 aliphatic heterocycles. The number of nitrogens with zero attached hydrogens (tertiary/aromatic N) is 2. The number of hydrogen-bond donors (Lipinski definition) is 3. The molecule has 2 aromatic heterocycles. The van der Waals surface area contributed by atoms with Crippen LogP contribution < -0.4 is 16.6 Å². The van der Waals surface area contributed by atoms with Crippen LogP contribution in [0.5, 0.6) is 0 Å². The molecule has 0 bridgehead atoms. The normalized spacial score (nSPS) is 10.1. The van der Waals surface area contributed by atoms with Crippen LogP contribution in [0, 0.1) is 0 Å². The molecule has 4 N–H and O–H groups in total. The maximum Gasteiger partial charge on any atom is 0.271 e. The summed E-state index contributed by atoms with van der Waals surface area (Å²) >= 11 is 0. The predicted octanol–water partition coefficient (Wildman–Crippen LogP) is 0.456. The van der Waals surface area contributed by atoms with Gasteiger partial charge in [-0.25, -0.2) is 9.97 Å². The van der Waals surface area contributed by atoms with Gasteiger partial charge in [0.15, 0.2) is 0 Å². The number of anilines is 2. The summed E-state index contributed by atoms with van der Waals surface area (Å²) in [6.07, 6.45) is 3.20. The van der Waals surface area contributed by atoms with Crippen molar-refractivity contribution in [2.45, 2.75) is 0 Å². The van der Waals surface area contributed by atoms with Crippen LogP contribution in [0.25, 0.3) is 11.3 Å². The lowest BCUT2D eigenvalue weighted by atomic mass is 10.2. The molecule has 0 aromatic carbocycles. The Balaban J connectivity index is 2.50. The summed E-state index contributed by atoms with van der Waals surface area (Å²) in [4.78, 5) is 21.9. The van der Waals surface area contributed by atoms with Crippen LogP contribution in [0.3, 0.4) is 0 Å². The molecule has 0 fully saturated rings. The summed E-state index contributed by atoms with van der Waals surface area (Å²) in [7, 11) is 1.74. The monoisotopic (exact) mass is 217 g/mol. The smallest absolute Gasteiger partial charge is 0.271 e.